The molecular formula is C22H34O4S. The van der Waals surface area contributed by atoms with E-state index in [1.165, 1.54) is 19.3 Å². The highest BCUT2D eigenvalue weighted by molar-refractivity contribution is 8.04. The number of allylic oxidation sites excluding steroid dienone is 3. The Balaban J connectivity index is 3.02. The van der Waals surface area contributed by atoms with Crippen molar-refractivity contribution in [1.82, 2.24) is 0 Å². The van der Waals surface area contributed by atoms with Crippen LogP contribution in [-0.2, 0) is 9.59 Å². The van der Waals surface area contributed by atoms with Gasteiger partial charge in [-0.15, -0.1) is 11.8 Å². The van der Waals surface area contributed by atoms with E-state index in [1.54, 1.807) is 30.8 Å². The predicted molar refractivity (Wildman–Crippen MR) is 113 cm³/mol. The Morgan fingerprint density at radius 1 is 1.22 bits per heavy atom. The first-order chi connectivity index (χ1) is 12.5. The summed E-state index contributed by atoms with van der Waals surface area (Å²) < 4.78 is 0. The molecule has 4 nitrogen and oxygen atoms in total. The fourth-order valence-electron chi connectivity index (χ4n) is 3.42. The van der Waals surface area contributed by atoms with E-state index < -0.39 is 17.0 Å². The van der Waals surface area contributed by atoms with E-state index in [0.29, 0.717) is 16.1 Å². The largest absolute Gasteiger partial charge is 0.478 e. The molecule has 0 fully saturated rings. The van der Waals surface area contributed by atoms with E-state index in [2.05, 4.69) is 6.92 Å². The maximum atomic E-state index is 12.7. The van der Waals surface area contributed by atoms with Crippen molar-refractivity contribution in [1.29, 1.82) is 0 Å². The number of rotatable bonds is 10. The summed E-state index contributed by atoms with van der Waals surface area (Å²) in [6, 6.07) is 0. The molecule has 0 radical (unpaired) electrons. The van der Waals surface area contributed by atoms with Crippen LogP contribution in [0.1, 0.15) is 73.1 Å². The third-order valence-corrected chi connectivity index (χ3v) is 6.55. The molecule has 0 spiro atoms. The molecule has 1 aliphatic rings. The summed E-state index contributed by atoms with van der Waals surface area (Å²) >= 11 is 1.55. The average Bonchev–Trinajstić information content (AvgIpc) is 2.56. The van der Waals surface area contributed by atoms with Crippen molar-refractivity contribution in [3.05, 3.63) is 34.3 Å². The first kappa shape index (κ1) is 23.7. The van der Waals surface area contributed by atoms with E-state index in [-0.39, 0.29) is 12.2 Å². The smallest absolute Gasteiger partial charge is 0.328 e. The van der Waals surface area contributed by atoms with Crippen LogP contribution in [0, 0.1) is 5.41 Å². The van der Waals surface area contributed by atoms with Crippen molar-refractivity contribution < 1.29 is 19.8 Å². The second-order valence-electron chi connectivity index (χ2n) is 8.03. The van der Waals surface area contributed by atoms with Crippen LogP contribution in [0.25, 0.3) is 0 Å². The monoisotopic (exact) mass is 394 g/mol. The number of carboxylic acid groups (broad SMARTS) is 1. The Bertz CT molecular complexity index is 643. The van der Waals surface area contributed by atoms with Gasteiger partial charge in [-0.2, -0.15) is 0 Å². The van der Waals surface area contributed by atoms with Gasteiger partial charge in [-0.3, -0.25) is 4.79 Å². The second-order valence-corrected chi connectivity index (χ2v) is 9.13. The summed E-state index contributed by atoms with van der Waals surface area (Å²) in [7, 11) is 0. The third-order valence-electron chi connectivity index (χ3n) is 5.23. The van der Waals surface area contributed by atoms with Gasteiger partial charge < -0.3 is 10.2 Å². The molecule has 0 aromatic heterocycles. The molecule has 0 saturated heterocycles. The van der Waals surface area contributed by atoms with Crippen LogP contribution in [0.15, 0.2) is 34.3 Å². The first-order valence-corrected chi connectivity index (χ1v) is 10.7. The minimum absolute atomic E-state index is 0.0898. The van der Waals surface area contributed by atoms with Gasteiger partial charge in [0.25, 0.3) is 0 Å². The number of unbranched alkanes of at least 4 members (excludes halogenated alkanes) is 4. The molecule has 2 N–H and O–H groups in total. The van der Waals surface area contributed by atoms with Crippen LogP contribution < -0.4 is 0 Å². The molecule has 1 aliphatic carbocycles. The number of aliphatic hydroxyl groups is 1. The van der Waals surface area contributed by atoms with E-state index in [4.69, 9.17) is 5.11 Å². The molecule has 0 aliphatic heterocycles. The summed E-state index contributed by atoms with van der Waals surface area (Å²) in [6.45, 7) is 9.44. The molecule has 0 bridgehead atoms. The van der Waals surface area contributed by atoms with Crippen LogP contribution in [0.2, 0.25) is 0 Å². The van der Waals surface area contributed by atoms with Crippen LogP contribution in [0.5, 0.6) is 0 Å². The van der Waals surface area contributed by atoms with Crippen molar-refractivity contribution >= 4 is 23.5 Å². The molecule has 0 heterocycles. The van der Waals surface area contributed by atoms with Crippen LogP contribution in [-0.4, -0.2) is 33.3 Å². The Morgan fingerprint density at radius 3 is 2.44 bits per heavy atom. The standard InChI is InChI=1S/C22H34O4S/c1-6-7-8-9-10-13-27-20-17(3)22(26,21(4,5)15-18(20)23)12-11-16(2)14-19(24)25/h11-12,14,26H,6-10,13,15H2,1-5H3,(H,24,25)/b12-11+,16-14-/t22-/m1/s1. The van der Waals surface area contributed by atoms with Crippen molar-refractivity contribution in [2.45, 2.75) is 78.7 Å². The predicted octanol–water partition coefficient (Wildman–Crippen LogP) is 5.28. The number of hydrogen-bond donors (Lipinski definition) is 2. The molecule has 0 unspecified atom stereocenters. The topological polar surface area (TPSA) is 74.6 Å². The number of carboxylic acids is 1. The zero-order valence-electron chi connectivity index (χ0n) is 17.3. The van der Waals surface area contributed by atoms with Crippen molar-refractivity contribution in [3.8, 4) is 0 Å². The molecule has 27 heavy (non-hydrogen) atoms. The second kappa shape index (κ2) is 10.3. The summed E-state index contributed by atoms with van der Waals surface area (Å²) in [5.74, 6) is -0.0546. The van der Waals surface area contributed by atoms with Gasteiger partial charge in [-0.25, -0.2) is 4.79 Å². The average molecular weight is 395 g/mol. The van der Waals surface area contributed by atoms with E-state index in [1.807, 2.05) is 20.8 Å². The quantitative estimate of drug-likeness (QED) is 0.299. The third kappa shape index (κ3) is 6.35. The van der Waals surface area contributed by atoms with Gasteiger partial charge in [0, 0.05) is 17.9 Å². The van der Waals surface area contributed by atoms with Gasteiger partial charge in [0.1, 0.15) is 5.60 Å². The van der Waals surface area contributed by atoms with Gasteiger partial charge >= 0.3 is 5.97 Å². The lowest BCUT2D eigenvalue weighted by molar-refractivity contribution is -0.131. The van der Waals surface area contributed by atoms with E-state index in [0.717, 1.165) is 24.7 Å². The highest BCUT2D eigenvalue weighted by Gasteiger charge is 2.49. The maximum Gasteiger partial charge on any atom is 0.328 e. The number of hydrogen-bond acceptors (Lipinski definition) is 4. The van der Waals surface area contributed by atoms with Gasteiger partial charge in [-0.1, -0.05) is 52.5 Å². The van der Waals surface area contributed by atoms with Gasteiger partial charge in [0.05, 0.1) is 4.91 Å². The number of carbonyl (C=O) groups excluding carboxylic acids is 1. The zero-order valence-corrected chi connectivity index (χ0v) is 18.1. The Morgan fingerprint density at radius 2 is 1.85 bits per heavy atom. The summed E-state index contributed by atoms with van der Waals surface area (Å²) in [6.07, 6.45) is 10.5. The number of ketones is 1. The first-order valence-electron chi connectivity index (χ1n) is 9.75. The molecule has 1 rings (SSSR count). The molecular weight excluding hydrogens is 360 g/mol. The van der Waals surface area contributed by atoms with Crippen molar-refractivity contribution in [2.75, 3.05) is 5.75 Å². The number of thioether (sulfide) groups is 1. The van der Waals surface area contributed by atoms with Crippen LogP contribution >= 0.6 is 11.8 Å². The SMILES string of the molecule is CCCCCCCSC1=C(C)[C@](O)(/C=C/C(C)=C\C(=O)O)C(C)(C)CC1=O. The molecule has 0 saturated carbocycles. The maximum absolute atomic E-state index is 12.7. The summed E-state index contributed by atoms with van der Waals surface area (Å²) in [5, 5.41) is 20.3. The van der Waals surface area contributed by atoms with Crippen LogP contribution in [0.4, 0.5) is 0 Å². The van der Waals surface area contributed by atoms with E-state index >= 15 is 0 Å². The molecule has 5 heteroatoms. The Labute approximate surface area is 167 Å². The van der Waals surface area contributed by atoms with Gasteiger partial charge in [-0.05, 0) is 43.2 Å². The fourth-order valence-corrected chi connectivity index (χ4v) is 4.58. The molecule has 0 aromatic carbocycles. The molecule has 152 valence electrons. The molecule has 0 amide bonds. The number of Topliss-reactive ketones (excluding diaryl/α,β-unsaturated/α-hetero) is 1. The van der Waals surface area contributed by atoms with Crippen molar-refractivity contribution in [3.63, 3.8) is 0 Å². The van der Waals surface area contributed by atoms with Gasteiger partial charge in [0.15, 0.2) is 5.78 Å². The lowest BCUT2D eigenvalue weighted by Gasteiger charge is -2.45. The summed E-state index contributed by atoms with van der Waals surface area (Å²) in [5.41, 5.74) is -0.721. The van der Waals surface area contributed by atoms with Crippen LogP contribution in [0.3, 0.4) is 0 Å². The Kier molecular flexibility index (Phi) is 9.03. The minimum Gasteiger partial charge on any atom is -0.478 e. The number of carbonyl (C=O) groups is 2. The zero-order chi connectivity index (χ0) is 20.7. The molecule has 1 atom stereocenters. The van der Waals surface area contributed by atoms with Crippen molar-refractivity contribution in [2.24, 2.45) is 5.41 Å². The normalized spacial score (nSPS) is 23.3. The van der Waals surface area contributed by atoms with Gasteiger partial charge in [0.2, 0.25) is 0 Å². The number of aliphatic carboxylic acids is 1. The highest BCUT2D eigenvalue weighted by Crippen LogP contribution is 2.48. The minimum atomic E-state index is -1.28. The molecule has 0 aromatic rings. The summed E-state index contributed by atoms with van der Waals surface area (Å²) in [4.78, 5) is 24.1. The lowest BCUT2D eigenvalue weighted by atomic mass is 9.64. The van der Waals surface area contributed by atoms with E-state index in [9.17, 15) is 14.7 Å². The highest BCUT2D eigenvalue weighted by atomic mass is 32.2. The Hall–Kier alpha value is -1.33. The fraction of sp³-hybridized carbons (Fsp3) is 0.636. The lowest BCUT2D eigenvalue weighted by Crippen LogP contribution is -2.49.